The van der Waals surface area contributed by atoms with Crippen LogP contribution in [0, 0.1) is 0 Å². The molecule has 27 heavy (non-hydrogen) atoms. The number of quaternary nitrogens is 1. The largest absolute Gasteiger partial charge is 0.545 e. The molecule has 3 atom stereocenters. The number of aliphatic hydroxyl groups is 1. The lowest BCUT2D eigenvalue weighted by molar-refractivity contribution is -0.934. The fourth-order valence-corrected chi connectivity index (χ4v) is 3.54. The molecular formula is C20H19N3O4. The quantitative estimate of drug-likeness (QED) is 0.659. The third-order valence-corrected chi connectivity index (χ3v) is 4.89. The van der Waals surface area contributed by atoms with Crippen molar-refractivity contribution in [3.05, 3.63) is 71.6 Å². The number of carboxylic acid groups (broad SMARTS) is 1. The molecule has 0 aliphatic carbocycles. The third kappa shape index (κ3) is 3.74. The van der Waals surface area contributed by atoms with Gasteiger partial charge in [-0.3, -0.25) is 0 Å². The number of benzene rings is 2. The Morgan fingerprint density at radius 3 is 2.63 bits per heavy atom. The number of nitrogens with one attached hydrogen (secondary N) is 1. The normalized spacial score (nSPS) is 22.0. The summed E-state index contributed by atoms with van der Waals surface area (Å²) in [4.78, 5) is 16.5. The van der Waals surface area contributed by atoms with Crippen LogP contribution in [0.25, 0.3) is 11.4 Å². The molecule has 3 aromatic rings. The Balaban J connectivity index is 1.53. The van der Waals surface area contributed by atoms with Gasteiger partial charge in [-0.25, -0.2) is 0 Å². The first-order chi connectivity index (χ1) is 13.1. The Morgan fingerprint density at radius 1 is 1.19 bits per heavy atom. The van der Waals surface area contributed by atoms with Gasteiger partial charge < -0.3 is 24.4 Å². The second-order valence-corrected chi connectivity index (χ2v) is 6.79. The fourth-order valence-electron chi connectivity index (χ4n) is 3.54. The number of nitrogens with zero attached hydrogens (tertiary/aromatic N) is 2. The number of aliphatic hydroxyl groups excluding tert-OH is 1. The highest BCUT2D eigenvalue weighted by Gasteiger charge is 2.40. The molecule has 0 spiro atoms. The van der Waals surface area contributed by atoms with Crippen molar-refractivity contribution in [2.24, 2.45) is 0 Å². The smallest absolute Gasteiger partial charge is 0.285 e. The number of carbonyl (C=O) groups is 1. The van der Waals surface area contributed by atoms with E-state index < -0.39 is 12.1 Å². The van der Waals surface area contributed by atoms with E-state index >= 15 is 0 Å². The number of aromatic carboxylic acids is 1. The Bertz CT molecular complexity index is 924. The van der Waals surface area contributed by atoms with Gasteiger partial charge in [-0.2, -0.15) is 4.98 Å². The highest BCUT2D eigenvalue weighted by molar-refractivity contribution is 5.85. The number of likely N-dealkylation sites (tertiary alicyclic amines) is 1. The summed E-state index contributed by atoms with van der Waals surface area (Å²) in [5.74, 6) is -0.154. The van der Waals surface area contributed by atoms with Gasteiger partial charge in [0.15, 0.2) is 6.04 Å². The second kappa shape index (κ2) is 7.30. The van der Waals surface area contributed by atoms with Crippen molar-refractivity contribution in [3.63, 3.8) is 0 Å². The van der Waals surface area contributed by atoms with Gasteiger partial charge >= 0.3 is 0 Å². The molecule has 0 amide bonds. The summed E-state index contributed by atoms with van der Waals surface area (Å²) in [6.07, 6.45) is 0.0997. The molecule has 1 aliphatic rings. The average molecular weight is 365 g/mol. The van der Waals surface area contributed by atoms with Crippen LogP contribution in [-0.4, -0.2) is 33.9 Å². The van der Waals surface area contributed by atoms with Gasteiger partial charge in [0.25, 0.3) is 5.89 Å². The molecule has 1 aliphatic heterocycles. The van der Waals surface area contributed by atoms with Crippen LogP contribution in [-0.2, 0) is 6.54 Å². The standard InChI is InChI=1S/C20H19N3O4/c24-16-10-17(19-21-18(22-27-19)14-4-2-1-3-5-14)23(12-16)11-13-6-8-15(9-7-13)20(25)26/h1-9,16-17,24H,10-12H2,(H,25,26)/t16-,17+/m1/s1. The van der Waals surface area contributed by atoms with Gasteiger partial charge in [-0.05, 0) is 5.56 Å². The maximum Gasteiger partial charge on any atom is 0.285 e. The average Bonchev–Trinajstić information content (AvgIpc) is 3.29. The Kier molecular flexibility index (Phi) is 4.70. The lowest BCUT2D eigenvalue weighted by atomic mass is 10.1. The van der Waals surface area contributed by atoms with Crippen molar-refractivity contribution in [3.8, 4) is 11.4 Å². The van der Waals surface area contributed by atoms with Crippen molar-refractivity contribution in [1.82, 2.24) is 10.1 Å². The predicted molar refractivity (Wildman–Crippen MR) is 93.4 cm³/mol. The number of rotatable bonds is 5. The summed E-state index contributed by atoms with van der Waals surface area (Å²) in [6, 6.07) is 16.1. The van der Waals surface area contributed by atoms with Crippen molar-refractivity contribution < 1.29 is 24.4 Å². The monoisotopic (exact) mass is 365 g/mol. The van der Waals surface area contributed by atoms with E-state index in [1.165, 1.54) is 12.1 Å². The van der Waals surface area contributed by atoms with Gasteiger partial charge in [0, 0.05) is 17.5 Å². The first-order valence-electron chi connectivity index (χ1n) is 8.82. The van der Waals surface area contributed by atoms with Gasteiger partial charge in [-0.1, -0.05) is 59.8 Å². The van der Waals surface area contributed by atoms with E-state index in [2.05, 4.69) is 10.1 Å². The second-order valence-electron chi connectivity index (χ2n) is 6.79. The van der Waals surface area contributed by atoms with Crippen LogP contribution in [0.1, 0.15) is 34.3 Å². The molecule has 1 aromatic heterocycles. The van der Waals surface area contributed by atoms with Crippen molar-refractivity contribution in [2.75, 3.05) is 6.54 Å². The topological polar surface area (TPSA) is 104 Å². The zero-order chi connectivity index (χ0) is 18.8. The van der Waals surface area contributed by atoms with Crippen molar-refractivity contribution in [1.29, 1.82) is 0 Å². The molecule has 4 rings (SSSR count). The predicted octanol–water partition coefficient (Wildman–Crippen LogP) is -0.00910. The fraction of sp³-hybridized carbons (Fsp3) is 0.250. The van der Waals surface area contributed by atoms with E-state index in [1.807, 2.05) is 30.3 Å². The number of hydrogen-bond acceptors (Lipinski definition) is 6. The summed E-state index contributed by atoms with van der Waals surface area (Å²) in [6.45, 7) is 1.19. The van der Waals surface area contributed by atoms with Crippen molar-refractivity contribution >= 4 is 5.97 Å². The molecule has 7 heteroatoms. The Hall–Kier alpha value is -3.03. The van der Waals surface area contributed by atoms with Crippen LogP contribution in [0.4, 0.5) is 0 Å². The molecule has 1 fully saturated rings. The molecule has 2 N–H and O–H groups in total. The van der Waals surface area contributed by atoms with E-state index in [9.17, 15) is 15.0 Å². The lowest BCUT2D eigenvalue weighted by Gasteiger charge is -2.18. The molecule has 2 heterocycles. The SMILES string of the molecule is O=C([O-])c1ccc(C[NH+]2C[C@H](O)C[C@H]2c2nc(-c3ccccc3)no2)cc1. The van der Waals surface area contributed by atoms with Gasteiger partial charge in [0.1, 0.15) is 19.2 Å². The minimum Gasteiger partial charge on any atom is -0.545 e. The molecule has 7 nitrogen and oxygen atoms in total. The molecule has 1 unspecified atom stereocenters. The number of carbonyl (C=O) groups excluding carboxylic acids is 1. The number of hydrogen-bond donors (Lipinski definition) is 2. The molecule has 1 saturated heterocycles. The molecule has 0 bridgehead atoms. The lowest BCUT2D eigenvalue weighted by Crippen LogP contribution is -3.09. The zero-order valence-electron chi connectivity index (χ0n) is 14.5. The molecule has 2 aromatic carbocycles. The third-order valence-electron chi connectivity index (χ3n) is 4.89. The van der Waals surface area contributed by atoms with Gasteiger partial charge in [-0.15, -0.1) is 0 Å². The summed E-state index contributed by atoms with van der Waals surface area (Å²) < 4.78 is 5.49. The van der Waals surface area contributed by atoms with Crippen LogP contribution in [0.2, 0.25) is 0 Å². The Morgan fingerprint density at radius 2 is 1.93 bits per heavy atom. The van der Waals surface area contributed by atoms with E-state index in [1.54, 1.807) is 12.1 Å². The highest BCUT2D eigenvalue weighted by atomic mass is 16.5. The number of aromatic nitrogens is 2. The minimum atomic E-state index is -1.19. The van der Waals surface area contributed by atoms with E-state index in [-0.39, 0.29) is 11.6 Å². The summed E-state index contributed by atoms with van der Waals surface area (Å²) in [5, 5.41) is 25.1. The van der Waals surface area contributed by atoms with E-state index in [4.69, 9.17) is 4.52 Å². The van der Waals surface area contributed by atoms with Crippen LogP contribution in [0.5, 0.6) is 0 Å². The maximum atomic E-state index is 10.9. The Labute approximate surface area is 155 Å². The molecule has 138 valence electrons. The molecule has 0 saturated carbocycles. The summed E-state index contributed by atoms with van der Waals surface area (Å²) in [5.41, 5.74) is 2.00. The molecule has 0 radical (unpaired) electrons. The molecular weight excluding hydrogens is 346 g/mol. The highest BCUT2D eigenvalue weighted by Crippen LogP contribution is 2.22. The first kappa shape index (κ1) is 17.4. The van der Waals surface area contributed by atoms with Crippen molar-refractivity contribution in [2.45, 2.75) is 25.1 Å². The maximum absolute atomic E-state index is 10.9. The zero-order valence-corrected chi connectivity index (χ0v) is 14.5. The van der Waals surface area contributed by atoms with Crippen LogP contribution >= 0.6 is 0 Å². The summed E-state index contributed by atoms with van der Waals surface area (Å²) >= 11 is 0. The van der Waals surface area contributed by atoms with Crippen LogP contribution in [0.15, 0.2) is 59.1 Å². The first-order valence-corrected chi connectivity index (χ1v) is 8.82. The van der Waals surface area contributed by atoms with Crippen LogP contribution < -0.4 is 10.0 Å². The number of carboxylic acids is 1. The van der Waals surface area contributed by atoms with Gasteiger partial charge in [0.05, 0.1) is 5.97 Å². The minimum absolute atomic E-state index is 0.106. The van der Waals surface area contributed by atoms with Gasteiger partial charge in [0.2, 0.25) is 5.82 Å². The van der Waals surface area contributed by atoms with Crippen LogP contribution in [0.3, 0.4) is 0 Å². The van der Waals surface area contributed by atoms with E-state index in [0.717, 1.165) is 16.0 Å². The summed E-state index contributed by atoms with van der Waals surface area (Å²) in [7, 11) is 0. The van der Waals surface area contributed by atoms with E-state index in [0.29, 0.717) is 31.2 Å².